The van der Waals surface area contributed by atoms with Crippen molar-refractivity contribution >= 4 is 0 Å². The molecule has 1 N–H and O–H groups in total. The van der Waals surface area contributed by atoms with Crippen molar-refractivity contribution in [2.45, 2.75) is 32.4 Å². The van der Waals surface area contributed by atoms with Gasteiger partial charge in [0.15, 0.2) is 0 Å². The van der Waals surface area contributed by atoms with Gasteiger partial charge in [-0.2, -0.15) is 0 Å². The second-order valence-corrected chi connectivity index (χ2v) is 4.93. The molecule has 3 heteroatoms. The molecule has 17 heavy (non-hydrogen) atoms. The first-order valence-electron chi connectivity index (χ1n) is 6.39. The van der Waals surface area contributed by atoms with Crippen LogP contribution in [0.25, 0.3) is 0 Å². The van der Waals surface area contributed by atoms with Gasteiger partial charge >= 0.3 is 0 Å². The van der Waals surface area contributed by atoms with Gasteiger partial charge in [0.05, 0.1) is 0 Å². The van der Waals surface area contributed by atoms with E-state index in [2.05, 4.69) is 24.1 Å². The van der Waals surface area contributed by atoms with Crippen molar-refractivity contribution in [2.24, 2.45) is 0 Å². The highest BCUT2D eigenvalue weighted by Gasteiger charge is 2.20. The molecule has 1 aliphatic rings. The number of nitrogens with one attached hydrogen (secondary N) is 1. The maximum absolute atomic E-state index is 12.9. The molecule has 0 spiro atoms. The third-order valence-electron chi connectivity index (χ3n) is 3.52. The summed E-state index contributed by atoms with van der Waals surface area (Å²) < 4.78 is 12.9. The smallest absolute Gasteiger partial charge is 0.123 e. The Kier molecular flexibility index (Phi) is 4.13. The maximum Gasteiger partial charge on any atom is 0.123 e. The molecule has 0 aliphatic carbocycles. The highest BCUT2D eigenvalue weighted by Crippen LogP contribution is 2.21. The van der Waals surface area contributed by atoms with E-state index in [9.17, 15) is 4.39 Å². The Morgan fingerprint density at radius 3 is 2.76 bits per heavy atom. The summed E-state index contributed by atoms with van der Waals surface area (Å²) >= 11 is 0. The summed E-state index contributed by atoms with van der Waals surface area (Å²) in [6.07, 6.45) is 1.18. The van der Waals surface area contributed by atoms with E-state index in [1.807, 2.05) is 12.1 Å². The number of benzene rings is 1. The summed E-state index contributed by atoms with van der Waals surface area (Å²) in [5.74, 6) is -0.160. The molecule has 94 valence electrons. The number of hydrogen-bond donors (Lipinski definition) is 1. The minimum atomic E-state index is -0.160. The second kappa shape index (κ2) is 5.61. The average Bonchev–Trinajstić information content (AvgIpc) is 2.54. The highest BCUT2D eigenvalue weighted by atomic mass is 19.1. The van der Waals surface area contributed by atoms with E-state index >= 15 is 0 Å². The monoisotopic (exact) mass is 236 g/mol. The van der Waals surface area contributed by atoms with Gasteiger partial charge in [0.25, 0.3) is 0 Å². The van der Waals surface area contributed by atoms with Crippen LogP contribution in [0.2, 0.25) is 0 Å². The van der Waals surface area contributed by atoms with Gasteiger partial charge in [0.1, 0.15) is 5.82 Å². The topological polar surface area (TPSA) is 15.3 Å². The van der Waals surface area contributed by atoms with Crippen molar-refractivity contribution in [2.75, 3.05) is 19.6 Å². The normalized spacial score (nSPS) is 24.3. The Morgan fingerprint density at radius 2 is 2.06 bits per heavy atom. The van der Waals surface area contributed by atoms with Crippen LogP contribution in [-0.2, 0) is 0 Å². The largest absolute Gasteiger partial charge is 0.313 e. The fourth-order valence-electron chi connectivity index (χ4n) is 2.44. The molecule has 2 nitrogen and oxygen atoms in total. The van der Waals surface area contributed by atoms with Crippen molar-refractivity contribution in [1.82, 2.24) is 10.2 Å². The van der Waals surface area contributed by atoms with Gasteiger partial charge in [-0.15, -0.1) is 0 Å². The van der Waals surface area contributed by atoms with Crippen LogP contribution >= 0.6 is 0 Å². The average molecular weight is 236 g/mol. The highest BCUT2D eigenvalue weighted by molar-refractivity contribution is 5.19. The summed E-state index contributed by atoms with van der Waals surface area (Å²) in [5, 5.41) is 3.49. The molecule has 1 saturated heterocycles. The van der Waals surface area contributed by atoms with E-state index in [1.54, 1.807) is 12.1 Å². The molecule has 0 aromatic heterocycles. The van der Waals surface area contributed by atoms with Gasteiger partial charge in [-0.25, -0.2) is 4.39 Å². The standard InChI is InChI=1S/C14H21FN2/c1-11-10-17(9-3-8-16-11)12(2)13-4-6-14(15)7-5-13/h4-7,11-12,16H,3,8-10H2,1-2H3. The van der Waals surface area contributed by atoms with E-state index in [1.165, 1.54) is 12.0 Å². The molecule has 1 aromatic carbocycles. The maximum atomic E-state index is 12.9. The van der Waals surface area contributed by atoms with E-state index in [4.69, 9.17) is 0 Å². The summed E-state index contributed by atoms with van der Waals surface area (Å²) in [6, 6.07) is 7.76. The van der Waals surface area contributed by atoms with Crippen LogP contribution < -0.4 is 5.32 Å². The second-order valence-electron chi connectivity index (χ2n) is 4.93. The molecular weight excluding hydrogens is 215 g/mol. The van der Waals surface area contributed by atoms with Gasteiger partial charge in [0.2, 0.25) is 0 Å². The first-order chi connectivity index (χ1) is 8.16. The molecule has 2 unspecified atom stereocenters. The first kappa shape index (κ1) is 12.5. The zero-order valence-corrected chi connectivity index (χ0v) is 10.6. The van der Waals surface area contributed by atoms with Crippen LogP contribution in [0.3, 0.4) is 0 Å². The predicted octanol–water partition coefficient (Wildman–Crippen LogP) is 2.57. The molecule has 1 heterocycles. The van der Waals surface area contributed by atoms with E-state index in [0.29, 0.717) is 12.1 Å². The zero-order valence-electron chi connectivity index (χ0n) is 10.6. The lowest BCUT2D eigenvalue weighted by Gasteiger charge is -2.29. The van der Waals surface area contributed by atoms with Crippen molar-refractivity contribution in [3.63, 3.8) is 0 Å². The number of rotatable bonds is 2. The molecule has 1 fully saturated rings. The lowest BCUT2D eigenvalue weighted by Crippen LogP contribution is -2.36. The van der Waals surface area contributed by atoms with Gasteiger partial charge in [-0.05, 0) is 44.5 Å². The van der Waals surface area contributed by atoms with Crippen molar-refractivity contribution < 1.29 is 4.39 Å². The quantitative estimate of drug-likeness (QED) is 0.849. The minimum absolute atomic E-state index is 0.160. The molecule has 0 saturated carbocycles. The number of halogens is 1. The molecular formula is C14H21FN2. The molecule has 0 amide bonds. The number of nitrogens with zero attached hydrogens (tertiary/aromatic N) is 1. The van der Waals surface area contributed by atoms with E-state index in [0.717, 1.165) is 19.6 Å². The summed E-state index contributed by atoms with van der Waals surface area (Å²) in [6.45, 7) is 7.67. The van der Waals surface area contributed by atoms with Crippen LogP contribution in [0.5, 0.6) is 0 Å². The summed E-state index contributed by atoms with van der Waals surface area (Å²) in [7, 11) is 0. The summed E-state index contributed by atoms with van der Waals surface area (Å²) in [5.41, 5.74) is 1.19. The minimum Gasteiger partial charge on any atom is -0.313 e. The fourth-order valence-corrected chi connectivity index (χ4v) is 2.44. The van der Waals surface area contributed by atoms with Crippen LogP contribution in [0, 0.1) is 5.82 Å². The van der Waals surface area contributed by atoms with Crippen molar-refractivity contribution in [3.05, 3.63) is 35.6 Å². The van der Waals surface area contributed by atoms with Gasteiger partial charge < -0.3 is 5.32 Å². The Balaban J connectivity index is 2.07. The van der Waals surface area contributed by atoms with Gasteiger partial charge in [-0.3, -0.25) is 4.90 Å². The van der Waals surface area contributed by atoms with Crippen LogP contribution in [-0.4, -0.2) is 30.6 Å². The molecule has 1 aromatic rings. The van der Waals surface area contributed by atoms with Crippen LogP contribution in [0.1, 0.15) is 31.9 Å². The third-order valence-corrected chi connectivity index (χ3v) is 3.52. The Bertz CT molecular complexity index is 350. The third kappa shape index (κ3) is 3.27. The molecule has 2 rings (SSSR count). The molecule has 0 bridgehead atoms. The molecule has 2 atom stereocenters. The van der Waals surface area contributed by atoms with Crippen LogP contribution in [0.15, 0.2) is 24.3 Å². The van der Waals surface area contributed by atoms with Gasteiger partial charge in [0, 0.05) is 25.2 Å². The molecule has 0 radical (unpaired) electrons. The Morgan fingerprint density at radius 1 is 1.35 bits per heavy atom. The molecule has 1 aliphatic heterocycles. The summed E-state index contributed by atoms with van der Waals surface area (Å²) in [4.78, 5) is 2.47. The lowest BCUT2D eigenvalue weighted by atomic mass is 10.1. The van der Waals surface area contributed by atoms with Crippen molar-refractivity contribution in [1.29, 1.82) is 0 Å². The van der Waals surface area contributed by atoms with E-state index < -0.39 is 0 Å². The first-order valence-corrected chi connectivity index (χ1v) is 6.39. The predicted molar refractivity (Wildman–Crippen MR) is 68.5 cm³/mol. The lowest BCUT2D eigenvalue weighted by molar-refractivity contribution is 0.210. The van der Waals surface area contributed by atoms with Gasteiger partial charge in [-0.1, -0.05) is 12.1 Å². The zero-order chi connectivity index (χ0) is 12.3. The SMILES string of the molecule is CC1CN(C(C)c2ccc(F)cc2)CCCN1. The van der Waals surface area contributed by atoms with Crippen LogP contribution in [0.4, 0.5) is 4.39 Å². The van der Waals surface area contributed by atoms with E-state index in [-0.39, 0.29) is 5.82 Å². The Labute approximate surface area is 103 Å². The fraction of sp³-hybridized carbons (Fsp3) is 0.571. The Hall–Kier alpha value is -0.930. The van der Waals surface area contributed by atoms with Crippen molar-refractivity contribution in [3.8, 4) is 0 Å². The number of hydrogen-bond acceptors (Lipinski definition) is 2.